The van der Waals surface area contributed by atoms with Crippen LogP contribution in [0.1, 0.15) is 50.4 Å². The molecule has 52 heavy (non-hydrogen) atoms. The zero-order valence-electron chi connectivity index (χ0n) is 30.0. The van der Waals surface area contributed by atoms with Crippen molar-refractivity contribution in [3.05, 3.63) is 114 Å². The lowest BCUT2D eigenvalue weighted by molar-refractivity contribution is -0.140. The van der Waals surface area contributed by atoms with Crippen LogP contribution in [0.3, 0.4) is 0 Å². The summed E-state index contributed by atoms with van der Waals surface area (Å²) in [5.74, 6) is -3.39. The lowest BCUT2D eigenvalue weighted by atomic mass is 10.0. The van der Waals surface area contributed by atoms with Crippen LogP contribution in [0, 0.1) is 0 Å². The molecule has 4 atom stereocenters. The predicted octanol–water partition coefficient (Wildman–Crippen LogP) is 2.96. The van der Waals surface area contributed by atoms with Gasteiger partial charge in [-0.3, -0.25) is 14.4 Å². The summed E-state index contributed by atoms with van der Waals surface area (Å²) < 4.78 is 5.02. The molecule has 0 saturated heterocycles. The maximum atomic E-state index is 11.6. The number of carboxylic acids is 3. The van der Waals surface area contributed by atoms with Crippen LogP contribution in [-0.4, -0.2) is 81.1 Å². The van der Waals surface area contributed by atoms with Crippen LogP contribution < -0.4 is 27.8 Å². The zero-order chi connectivity index (χ0) is 40.0. The van der Waals surface area contributed by atoms with Gasteiger partial charge in [-0.15, -0.1) is 0 Å². The van der Waals surface area contributed by atoms with Gasteiger partial charge >= 0.3 is 24.0 Å². The first-order valence-electron chi connectivity index (χ1n) is 15.9. The van der Waals surface area contributed by atoms with E-state index in [1.165, 1.54) is 12.1 Å². The Labute approximate surface area is 303 Å². The van der Waals surface area contributed by atoms with Crippen molar-refractivity contribution < 1.29 is 49.1 Å². The Balaban J connectivity index is 0.000000710. The number of hydrogen-bond acceptors (Lipinski definition) is 10. The predicted molar refractivity (Wildman–Crippen MR) is 196 cm³/mol. The van der Waals surface area contributed by atoms with Crippen LogP contribution in [0.25, 0.3) is 0 Å². The van der Waals surface area contributed by atoms with E-state index in [2.05, 4.69) is 17.2 Å². The normalized spacial score (nSPS) is 12.5. The van der Waals surface area contributed by atoms with Gasteiger partial charge in [-0.25, -0.2) is 9.59 Å². The Bertz CT molecular complexity index is 1560. The highest BCUT2D eigenvalue weighted by atomic mass is 16.6. The monoisotopic (exact) mass is 725 g/mol. The summed E-state index contributed by atoms with van der Waals surface area (Å²) in [6.07, 6.45) is -0.283. The van der Waals surface area contributed by atoms with Crippen LogP contribution in [0.2, 0.25) is 0 Å². The minimum Gasteiger partial charge on any atom is -0.508 e. The van der Waals surface area contributed by atoms with Crippen LogP contribution in [0.5, 0.6) is 5.75 Å². The number of rotatable bonds is 12. The number of primary amides is 1. The Kier molecular flexibility index (Phi) is 21.0. The van der Waals surface area contributed by atoms with Crippen molar-refractivity contribution in [1.29, 1.82) is 0 Å². The smallest absolute Gasteiger partial charge is 0.408 e. The number of carboxylic acid groups (broad SMARTS) is 3. The van der Waals surface area contributed by atoms with Gasteiger partial charge in [-0.1, -0.05) is 79.4 Å². The fraction of sp³-hybridized carbons (Fsp3) is 0.324. The minimum absolute atomic E-state index is 0.0979. The van der Waals surface area contributed by atoms with Gasteiger partial charge in [-0.2, -0.15) is 0 Å². The average Bonchev–Trinajstić information content (AvgIpc) is 3.08. The summed E-state index contributed by atoms with van der Waals surface area (Å²) in [5, 5.41) is 39.8. The molecule has 4 unspecified atom stereocenters. The summed E-state index contributed by atoms with van der Waals surface area (Å²) in [4.78, 5) is 53.7. The number of ether oxygens (including phenoxy) is 1. The van der Waals surface area contributed by atoms with Crippen molar-refractivity contribution in [2.24, 2.45) is 17.2 Å². The number of phenolic OH excluding ortho intramolecular Hbond substituents is 1. The molecule has 0 bridgehead atoms. The first-order valence-corrected chi connectivity index (χ1v) is 15.9. The first-order chi connectivity index (χ1) is 24.2. The number of nitrogens with two attached hydrogens (primary N) is 3. The molecular weight excluding hydrogens is 674 g/mol. The molecule has 3 aromatic carbocycles. The molecule has 0 aromatic heterocycles. The van der Waals surface area contributed by atoms with Crippen LogP contribution in [0.4, 0.5) is 4.79 Å². The number of nitrogens with one attached hydrogen (secondary N) is 2. The van der Waals surface area contributed by atoms with Crippen molar-refractivity contribution in [3.63, 3.8) is 0 Å². The summed E-state index contributed by atoms with van der Waals surface area (Å²) in [5.41, 5.74) is 18.2. The molecule has 15 nitrogen and oxygen atoms in total. The number of alkyl carbamates (subject to hydrolysis) is 1. The van der Waals surface area contributed by atoms with Crippen LogP contribution in [-0.2, 0) is 36.8 Å². The van der Waals surface area contributed by atoms with Gasteiger partial charge in [-0.05, 0) is 70.0 Å². The van der Waals surface area contributed by atoms with Gasteiger partial charge < -0.3 is 53.0 Å². The molecule has 12 N–H and O–H groups in total. The lowest BCUT2D eigenvalue weighted by Crippen LogP contribution is -2.44. The van der Waals surface area contributed by atoms with Gasteiger partial charge in [0, 0.05) is 12.0 Å². The van der Waals surface area contributed by atoms with Crippen LogP contribution in [0.15, 0.2) is 97.1 Å². The van der Waals surface area contributed by atoms with E-state index in [0.29, 0.717) is 12.0 Å². The van der Waals surface area contributed by atoms with Crippen molar-refractivity contribution in [3.8, 4) is 5.75 Å². The largest absolute Gasteiger partial charge is 0.508 e. The van der Waals surface area contributed by atoms with Gasteiger partial charge in [0.2, 0.25) is 5.91 Å². The van der Waals surface area contributed by atoms with E-state index in [1.54, 1.807) is 46.9 Å². The fourth-order valence-electron chi connectivity index (χ4n) is 3.61. The Morgan fingerprint density at radius 1 is 0.769 bits per heavy atom. The third-order valence-electron chi connectivity index (χ3n) is 6.63. The van der Waals surface area contributed by atoms with Gasteiger partial charge in [0.05, 0.1) is 6.04 Å². The van der Waals surface area contributed by atoms with Crippen molar-refractivity contribution in [1.82, 2.24) is 10.6 Å². The standard InChI is InChI=1S/C14H19NO5.C10H12N2O.C9H11NO2.C4H9NO2/c1-14(2,3)20-13(19)15-11(12(17)18)8-9-4-6-10(16)7-5-9;1-7(10(12)13)9(11)8-5-3-2-4-6-8;10-8(9(11)12)6-7-4-2-1-3-5-7;1-3(5-2)4(6)7/h4-7,11,16H,8H2,1-3H3,(H,15,19)(H,17,18);2-6,9H,1,11H2,(H2,12,13);1-5,8H,6,10H2,(H,11,12);3,5H,1-2H3,(H,6,7). The minimum atomic E-state index is -1.15. The molecule has 0 aliphatic heterocycles. The molecule has 3 rings (SSSR count). The number of amides is 2. The zero-order valence-corrected chi connectivity index (χ0v) is 30.0. The summed E-state index contributed by atoms with van der Waals surface area (Å²) in [6, 6.07) is 21.9. The molecule has 0 saturated carbocycles. The fourth-order valence-corrected chi connectivity index (χ4v) is 3.61. The molecular formula is C37H51N5O10. The van der Waals surface area contributed by atoms with Crippen molar-refractivity contribution in [2.75, 3.05) is 7.05 Å². The van der Waals surface area contributed by atoms with E-state index < -0.39 is 59.7 Å². The second kappa shape index (κ2) is 23.6. The van der Waals surface area contributed by atoms with E-state index >= 15 is 0 Å². The third-order valence-corrected chi connectivity index (χ3v) is 6.63. The second-order valence-electron chi connectivity index (χ2n) is 12.2. The SMILES string of the molecule is C=C(C(N)=O)C(N)c1ccccc1.CC(C)(C)OC(=O)NC(Cc1ccc(O)cc1)C(=O)O.CNC(C)C(=O)O.NC(Cc1ccccc1)C(=O)O. The molecule has 0 radical (unpaired) electrons. The Morgan fingerprint density at radius 2 is 1.25 bits per heavy atom. The summed E-state index contributed by atoms with van der Waals surface area (Å²) >= 11 is 0. The Hall–Kier alpha value is -5.77. The molecule has 0 heterocycles. The molecule has 3 aromatic rings. The van der Waals surface area contributed by atoms with Gasteiger partial charge in [0.1, 0.15) is 29.5 Å². The maximum Gasteiger partial charge on any atom is 0.408 e. The highest BCUT2D eigenvalue weighted by molar-refractivity contribution is 5.92. The molecule has 2 amide bonds. The van der Waals surface area contributed by atoms with Gasteiger partial charge in [0.25, 0.3) is 0 Å². The molecule has 0 fully saturated rings. The number of benzene rings is 3. The number of likely N-dealkylation sites (N-methyl/N-ethyl adjacent to an activating group) is 1. The van der Waals surface area contributed by atoms with E-state index in [-0.39, 0.29) is 17.7 Å². The Morgan fingerprint density at radius 3 is 1.63 bits per heavy atom. The highest BCUT2D eigenvalue weighted by Crippen LogP contribution is 2.16. The van der Waals surface area contributed by atoms with E-state index in [4.69, 9.17) is 42.4 Å². The number of carbonyl (C=O) groups excluding carboxylic acids is 2. The average molecular weight is 726 g/mol. The van der Waals surface area contributed by atoms with E-state index in [9.17, 15) is 24.0 Å². The quantitative estimate of drug-likeness (QED) is 0.122. The van der Waals surface area contributed by atoms with Crippen LogP contribution >= 0.6 is 0 Å². The number of aliphatic carboxylic acids is 3. The summed E-state index contributed by atoms with van der Waals surface area (Å²) in [7, 11) is 1.61. The number of aromatic hydroxyl groups is 1. The lowest BCUT2D eigenvalue weighted by Gasteiger charge is -2.22. The molecule has 0 spiro atoms. The molecule has 284 valence electrons. The third kappa shape index (κ3) is 20.7. The molecule has 0 aliphatic rings. The number of hydrogen-bond donors (Lipinski definition) is 9. The highest BCUT2D eigenvalue weighted by Gasteiger charge is 2.24. The summed E-state index contributed by atoms with van der Waals surface area (Å²) in [6.45, 7) is 10.2. The molecule has 15 heteroatoms. The maximum absolute atomic E-state index is 11.6. The second-order valence-corrected chi connectivity index (χ2v) is 12.2. The molecule has 0 aliphatic carbocycles. The number of phenols is 1. The number of carbonyl (C=O) groups is 5. The first kappa shape index (κ1) is 46.2. The van der Waals surface area contributed by atoms with E-state index in [0.717, 1.165) is 11.1 Å². The van der Waals surface area contributed by atoms with Crippen molar-refractivity contribution in [2.45, 2.75) is 70.3 Å². The topological polar surface area (TPSA) is 278 Å². The van der Waals surface area contributed by atoms with Crippen molar-refractivity contribution >= 4 is 29.9 Å². The van der Waals surface area contributed by atoms with Gasteiger partial charge in [0.15, 0.2) is 0 Å². The van der Waals surface area contributed by atoms with E-state index in [1.807, 2.05) is 60.7 Å².